The maximum atomic E-state index is 8.21. The van der Waals surface area contributed by atoms with E-state index >= 15 is 0 Å². The second-order valence-corrected chi connectivity index (χ2v) is 2.83. The highest BCUT2D eigenvalue weighted by molar-refractivity contribution is 5.77. The minimum atomic E-state index is 0.263. The van der Waals surface area contributed by atoms with Crippen molar-refractivity contribution < 1.29 is 0 Å². The van der Waals surface area contributed by atoms with Gasteiger partial charge >= 0.3 is 0 Å². The molecule has 0 atom stereocenters. The Kier molecular flexibility index (Phi) is 2.04. The smallest absolute Gasteiger partial charge is 0.157 e. The van der Waals surface area contributed by atoms with Crippen molar-refractivity contribution in [2.24, 2.45) is 12.2 Å². The first-order valence-corrected chi connectivity index (χ1v) is 4.10. The van der Waals surface area contributed by atoms with Crippen molar-refractivity contribution in [3.8, 4) is 0 Å². The number of aromatic nitrogens is 3. The molecule has 0 radical (unpaired) electrons. The molecule has 0 saturated heterocycles. The lowest BCUT2D eigenvalue weighted by Gasteiger charge is -1.89. The minimum absolute atomic E-state index is 0.263. The summed E-state index contributed by atoms with van der Waals surface area (Å²) in [6.07, 6.45) is 1.71. The number of rotatable bonds is 2. The monoisotopic (exact) mass is 188 g/mol. The molecule has 0 unspecified atom stereocenters. The number of aryl methyl sites for hydroxylation is 1. The van der Waals surface area contributed by atoms with Crippen molar-refractivity contribution in [3.05, 3.63) is 34.5 Å². The van der Waals surface area contributed by atoms with E-state index in [2.05, 4.69) is 20.1 Å². The minimum Gasteiger partial charge on any atom is -0.250 e. The second kappa shape index (κ2) is 3.35. The molecule has 2 rings (SSSR count). The third kappa shape index (κ3) is 1.27. The van der Waals surface area contributed by atoms with E-state index in [1.54, 1.807) is 10.9 Å². The molecule has 0 N–H and O–H groups in total. The molecule has 0 bridgehead atoms. The van der Waals surface area contributed by atoms with E-state index in [9.17, 15) is 0 Å². The summed E-state index contributed by atoms with van der Waals surface area (Å²) in [4.78, 5) is 6.88. The average Bonchev–Trinajstić information content (AvgIpc) is 2.54. The van der Waals surface area contributed by atoms with Crippen LogP contribution in [0.5, 0.6) is 0 Å². The number of fused-ring (bicyclic) bond motifs is 1. The van der Waals surface area contributed by atoms with Gasteiger partial charge in [0, 0.05) is 23.5 Å². The van der Waals surface area contributed by atoms with Gasteiger partial charge in [-0.1, -0.05) is 5.11 Å². The lowest BCUT2D eigenvalue weighted by molar-refractivity contribution is 0.757. The molecule has 0 aromatic carbocycles. The molecule has 2 heterocycles. The van der Waals surface area contributed by atoms with Gasteiger partial charge in [-0.3, -0.25) is 4.68 Å². The molecule has 2 aromatic rings. The van der Waals surface area contributed by atoms with Crippen molar-refractivity contribution in [1.29, 1.82) is 0 Å². The highest BCUT2D eigenvalue weighted by atomic mass is 15.3. The standard InChI is InChI=1S/C8H8N6/c1-14-8-6(3-2-4-10-8)7(12-14)5-11-13-9/h2-4H,5H2,1H3. The summed E-state index contributed by atoms with van der Waals surface area (Å²) in [6.45, 7) is 0.263. The molecule has 6 nitrogen and oxygen atoms in total. The van der Waals surface area contributed by atoms with Crippen molar-refractivity contribution in [1.82, 2.24) is 14.8 Å². The third-order valence-electron chi connectivity index (χ3n) is 1.96. The van der Waals surface area contributed by atoms with E-state index in [1.807, 2.05) is 19.2 Å². The molecule has 6 heteroatoms. The van der Waals surface area contributed by atoms with Crippen LogP contribution in [0.2, 0.25) is 0 Å². The number of hydrogen-bond acceptors (Lipinski definition) is 3. The van der Waals surface area contributed by atoms with Crippen LogP contribution in [0, 0.1) is 0 Å². The molecule has 0 aliphatic rings. The number of pyridine rings is 1. The van der Waals surface area contributed by atoms with Gasteiger partial charge in [0.2, 0.25) is 0 Å². The molecule has 0 spiro atoms. The zero-order chi connectivity index (χ0) is 9.97. The summed E-state index contributed by atoms with van der Waals surface area (Å²) in [5.74, 6) is 0. The van der Waals surface area contributed by atoms with Gasteiger partial charge < -0.3 is 0 Å². The number of nitrogens with zero attached hydrogens (tertiary/aromatic N) is 6. The van der Waals surface area contributed by atoms with E-state index < -0.39 is 0 Å². The summed E-state index contributed by atoms with van der Waals surface area (Å²) in [6, 6.07) is 3.75. The van der Waals surface area contributed by atoms with Crippen LogP contribution in [0.1, 0.15) is 5.69 Å². The van der Waals surface area contributed by atoms with Gasteiger partial charge in [-0.15, -0.1) is 0 Å². The molecule has 2 aromatic heterocycles. The quantitative estimate of drug-likeness (QED) is 0.409. The van der Waals surface area contributed by atoms with Crippen LogP contribution in [0.4, 0.5) is 0 Å². The SMILES string of the molecule is Cn1nc(CN=[N+]=[N-])c2cccnc21. The Balaban J connectivity index is 2.60. The first-order valence-electron chi connectivity index (χ1n) is 4.10. The van der Waals surface area contributed by atoms with E-state index in [-0.39, 0.29) is 6.54 Å². The number of azide groups is 1. The average molecular weight is 188 g/mol. The van der Waals surface area contributed by atoms with Crippen LogP contribution >= 0.6 is 0 Å². The maximum absolute atomic E-state index is 8.21. The Morgan fingerprint density at radius 1 is 1.64 bits per heavy atom. The molecule has 14 heavy (non-hydrogen) atoms. The van der Waals surface area contributed by atoms with E-state index in [1.165, 1.54) is 0 Å². The Labute approximate surface area is 79.8 Å². The largest absolute Gasteiger partial charge is 0.250 e. The molecule has 70 valence electrons. The van der Waals surface area contributed by atoms with Crippen LogP contribution in [-0.4, -0.2) is 14.8 Å². The second-order valence-electron chi connectivity index (χ2n) is 2.83. The predicted molar refractivity (Wildman–Crippen MR) is 51.4 cm³/mol. The topological polar surface area (TPSA) is 79.5 Å². The van der Waals surface area contributed by atoms with Gasteiger partial charge in [-0.2, -0.15) is 5.10 Å². The van der Waals surface area contributed by atoms with Crippen molar-refractivity contribution in [3.63, 3.8) is 0 Å². The molecular weight excluding hydrogens is 180 g/mol. The fourth-order valence-corrected chi connectivity index (χ4v) is 1.38. The molecule has 0 aliphatic carbocycles. The van der Waals surface area contributed by atoms with Gasteiger partial charge in [0.05, 0.1) is 12.2 Å². The Morgan fingerprint density at radius 2 is 2.50 bits per heavy atom. The van der Waals surface area contributed by atoms with E-state index in [0.29, 0.717) is 0 Å². The maximum Gasteiger partial charge on any atom is 0.157 e. The van der Waals surface area contributed by atoms with Crippen LogP contribution in [-0.2, 0) is 13.6 Å². The highest BCUT2D eigenvalue weighted by Crippen LogP contribution is 2.15. The Bertz CT molecular complexity index is 508. The van der Waals surface area contributed by atoms with E-state index in [0.717, 1.165) is 16.7 Å². The zero-order valence-electron chi connectivity index (χ0n) is 7.62. The zero-order valence-corrected chi connectivity index (χ0v) is 7.62. The predicted octanol–water partition coefficient (Wildman–Crippen LogP) is 1.78. The Hall–Kier alpha value is -2.07. The summed E-state index contributed by atoms with van der Waals surface area (Å²) < 4.78 is 1.68. The molecular formula is C8H8N6. The molecule has 0 aliphatic heterocycles. The summed E-state index contributed by atoms with van der Waals surface area (Å²) in [5.41, 5.74) is 9.77. The summed E-state index contributed by atoms with van der Waals surface area (Å²) >= 11 is 0. The normalized spacial score (nSPS) is 10.1. The summed E-state index contributed by atoms with van der Waals surface area (Å²) in [7, 11) is 1.81. The summed E-state index contributed by atoms with van der Waals surface area (Å²) in [5, 5.41) is 8.63. The molecule has 0 fully saturated rings. The fourth-order valence-electron chi connectivity index (χ4n) is 1.38. The van der Waals surface area contributed by atoms with Gasteiger partial charge in [0.15, 0.2) is 5.65 Å². The first kappa shape index (κ1) is 8.52. The lowest BCUT2D eigenvalue weighted by Crippen LogP contribution is -1.91. The van der Waals surface area contributed by atoms with Crippen molar-refractivity contribution in [2.75, 3.05) is 0 Å². The van der Waals surface area contributed by atoms with Crippen LogP contribution in [0.15, 0.2) is 23.4 Å². The van der Waals surface area contributed by atoms with Crippen molar-refractivity contribution in [2.45, 2.75) is 6.54 Å². The van der Waals surface area contributed by atoms with Crippen molar-refractivity contribution >= 4 is 11.0 Å². The van der Waals surface area contributed by atoms with Gasteiger partial charge in [0.25, 0.3) is 0 Å². The van der Waals surface area contributed by atoms with Gasteiger partial charge in [-0.25, -0.2) is 4.98 Å². The van der Waals surface area contributed by atoms with Crippen LogP contribution < -0.4 is 0 Å². The van der Waals surface area contributed by atoms with Gasteiger partial charge in [-0.05, 0) is 17.7 Å². The fraction of sp³-hybridized carbons (Fsp3) is 0.250. The third-order valence-corrected chi connectivity index (χ3v) is 1.96. The first-order chi connectivity index (χ1) is 6.83. The number of hydrogen-bond donors (Lipinski definition) is 0. The molecule has 0 saturated carbocycles. The highest BCUT2D eigenvalue weighted by Gasteiger charge is 2.06. The van der Waals surface area contributed by atoms with Crippen LogP contribution in [0.3, 0.4) is 0 Å². The van der Waals surface area contributed by atoms with E-state index in [4.69, 9.17) is 5.53 Å². The lowest BCUT2D eigenvalue weighted by atomic mass is 10.3. The Morgan fingerprint density at radius 3 is 3.29 bits per heavy atom. The van der Waals surface area contributed by atoms with Gasteiger partial charge in [0.1, 0.15) is 0 Å². The van der Waals surface area contributed by atoms with Crippen LogP contribution in [0.25, 0.3) is 21.5 Å². The molecule has 0 amide bonds.